The maximum Gasteiger partial charge on any atom is 0.273 e. The Bertz CT molecular complexity index is 859. The molecule has 3 aromatic heterocycles. The molecule has 3 rings (SSSR count). The van der Waals surface area contributed by atoms with Gasteiger partial charge in [-0.25, -0.2) is 4.98 Å². The topological polar surface area (TPSA) is 118 Å². The number of hydrogen-bond donors (Lipinski definition) is 3. The maximum atomic E-state index is 12.1. The summed E-state index contributed by atoms with van der Waals surface area (Å²) in [4.78, 5) is 20.7. The van der Waals surface area contributed by atoms with E-state index >= 15 is 0 Å². The summed E-state index contributed by atoms with van der Waals surface area (Å²) in [5.41, 5.74) is 1.05. The van der Waals surface area contributed by atoms with Gasteiger partial charge >= 0.3 is 0 Å². The fourth-order valence-corrected chi connectivity index (χ4v) is 2.27. The largest absolute Gasteiger partial charge is 0.461 e. The summed E-state index contributed by atoms with van der Waals surface area (Å²) >= 11 is 0. The van der Waals surface area contributed by atoms with E-state index in [2.05, 4.69) is 31.1 Å². The lowest BCUT2D eigenvalue weighted by molar-refractivity contribution is 0.0946. The molecule has 0 unspecified atom stereocenters. The van der Waals surface area contributed by atoms with Crippen LogP contribution in [0.2, 0.25) is 0 Å². The maximum absolute atomic E-state index is 12.1. The summed E-state index contributed by atoms with van der Waals surface area (Å²) in [6.07, 6.45) is 1.53. The molecule has 9 nitrogen and oxygen atoms in total. The monoisotopic (exact) mass is 356 g/mol. The summed E-state index contributed by atoms with van der Waals surface area (Å²) in [5.74, 6) is 1.89. The van der Waals surface area contributed by atoms with Crippen LogP contribution in [0.25, 0.3) is 11.5 Å². The molecule has 0 aliphatic rings. The van der Waals surface area contributed by atoms with Crippen LogP contribution in [0.15, 0.2) is 39.5 Å². The lowest BCUT2D eigenvalue weighted by Crippen LogP contribution is -2.29. The van der Waals surface area contributed by atoms with Crippen LogP contribution >= 0.6 is 0 Å². The Morgan fingerprint density at radius 1 is 1.15 bits per heavy atom. The van der Waals surface area contributed by atoms with Gasteiger partial charge in [-0.15, -0.1) is 0 Å². The van der Waals surface area contributed by atoms with Gasteiger partial charge in [0.15, 0.2) is 11.5 Å². The number of anilines is 2. The van der Waals surface area contributed by atoms with E-state index in [1.54, 1.807) is 12.1 Å². The van der Waals surface area contributed by atoms with Crippen LogP contribution in [0.5, 0.6) is 0 Å². The first-order chi connectivity index (χ1) is 12.7. The molecular weight excluding hydrogens is 336 g/mol. The highest BCUT2D eigenvalue weighted by molar-refractivity contribution is 5.92. The Balaban J connectivity index is 1.48. The van der Waals surface area contributed by atoms with Crippen molar-refractivity contribution in [2.45, 2.75) is 13.8 Å². The molecule has 0 aliphatic heterocycles. The number of carbonyl (C=O) groups excluding carboxylic acids is 1. The van der Waals surface area contributed by atoms with E-state index in [0.29, 0.717) is 36.4 Å². The summed E-state index contributed by atoms with van der Waals surface area (Å²) in [7, 11) is 0. The molecule has 9 heteroatoms. The molecular formula is C17H20N6O3. The van der Waals surface area contributed by atoms with Gasteiger partial charge in [0.05, 0.1) is 6.26 Å². The first-order valence-corrected chi connectivity index (χ1v) is 8.28. The predicted molar refractivity (Wildman–Crippen MR) is 96.0 cm³/mol. The second kappa shape index (κ2) is 8.15. The quantitative estimate of drug-likeness (QED) is 0.526. The van der Waals surface area contributed by atoms with Gasteiger partial charge in [0.2, 0.25) is 11.7 Å². The van der Waals surface area contributed by atoms with Crippen LogP contribution in [0.1, 0.15) is 23.1 Å². The van der Waals surface area contributed by atoms with Crippen LogP contribution in [0.3, 0.4) is 0 Å². The number of nitrogens with zero attached hydrogens (tertiary/aromatic N) is 3. The van der Waals surface area contributed by atoms with E-state index in [1.165, 1.54) is 12.3 Å². The van der Waals surface area contributed by atoms with Crippen molar-refractivity contribution in [1.82, 2.24) is 20.4 Å². The van der Waals surface area contributed by atoms with Gasteiger partial charge in [0, 0.05) is 37.5 Å². The summed E-state index contributed by atoms with van der Waals surface area (Å²) in [5, 5.41) is 12.8. The Labute approximate surface area is 150 Å². The molecule has 0 spiro atoms. The van der Waals surface area contributed by atoms with Crippen LogP contribution in [0, 0.1) is 6.92 Å². The zero-order valence-electron chi connectivity index (χ0n) is 14.6. The van der Waals surface area contributed by atoms with Crippen LogP contribution in [0.4, 0.5) is 11.8 Å². The molecule has 0 aliphatic carbocycles. The van der Waals surface area contributed by atoms with Gasteiger partial charge in [0.1, 0.15) is 5.82 Å². The number of rotatable bonds is 8. The minimum absolute atomic E-state index is 0.198. The first kappa shape index (κ1) is 17.5. The minimum atomic E-state index is -0.319. The van der Waals surface area contributed by atoms with Gasteiger partial charge < -0.3 is 24.9 Å². The number of hydrogen-bond acceptors (Lipinski definition) is 8. The van der Waals surface area contributed by atoms with Crippen molar-refractivity contribution in [3.63, 3.8) is 0 Å². The highest BCUT2D eigenvalue weighted by Gasteiger charge is 2.14. The van der Waals surface area contributed by atoms with Gasteiger partial charge in [-0.2, -0.15) is 4.98 Å². The average molecular weight is 356 g/mol. The van der Waals surface area contributed by atoms with Gasteiger partial charge in [-0.3, -0.25) is 4.79 Å². The molecule has 0 bridgehead atoms. The Morgan fingerprint density at radius 3 is 2.81 bits per heavy atom. The van der Waals surface area contributed by atoms with E-state index in [4.69, 9.17) is 8.94 Å². The number of aromatic nitrogens is 3. The summed E-state index contributed by atoms with van der Waals surface area (Å²) < 4.78 is 10.3. The lowest BCUT2D eigenvalue weighted by Gasteiger charge is -2.09. The van der Waals surface area contributed by atoms with Gasteiger partial charge in [-0.05, 0) is 26.0 Å². The zero-order chi connectivity index (χ0) is 18.4. The highest BCUT2D eigenvalue weighted by Crippen LogP contribution is 2.20. The normalized spacial score (nSPS) is 10.5. The number of carbonyl (C=O) groups is 1. The summed E-state index contributed by atoms with van der Waals surface area (Å²) in [6.45, 7) is 5.54. The third-order valence-corrected chi connectivity index (χ3v) is 3.41. The van der Waals surface area contributed by atoms with Crippen LogP contribution < -0.4 is 16.0 Å². The van der Waals surface area contributed by atoms with Crippen molar-refractivity contribution in [1.29, 1.82) is 0 Å². The first-order valence-electron chi connectivity index (χ1n) is 8.28. The van der Waals surface area contributed by atoms with Gasteiger partial charge in [0.25, 0.3) is 5.91 Å². The van der Waals surface area contributed by atoms with Crippen molar-refractivity contribution in [3.8, 4) is 11.5 Å². The Morgan fingerprint density at radius 2 is 2.04 bits per heavy atom. The molecule has 3 heterocycles. The molecule has 0 aromatic carbocycles. The molecule has 3 aromatic rings. The minimum Gasteiger partial charge on any atom is -0.461 e. The number of furan rings is 1. The smallest absolute Gasteiger partial charge is 0.273 e. The predicted octanol–water partition coefficient (Wildman–Crippen LogP) is 2.31. The number of amides is 1. The fourth-order valence-electron chi connectivity index (χ4n) is 2.27. The van der Waals surface area contributed by atoms with Crippen molar-refractivity contribution in [2.75, 3.05) is 30.3 Å². The molecule has 0 saturated heterocycles. The molecule has 0 atom stereocenters. The SMILES string of the molecule is CCNc1nc(C)cc(NCCNC(=O)c2cc(-c3ccco3)on2)n1. The molecule has 0 radical (unpaired) electrons. The number of aryl methyl sites for hydroxylation is 1. The average Bonchev–Trinajstić information content (AvgIpc) is 3.29. The molecule has 26 heavy (non-hydrogen) atoms. The van der Waals surface area contributed by atoms with Crippen LogP contribution in [-0.4, -0.2) is 40.7 Å². The molecule has 0 saturated carbocycles. The van der Waals surface area contributed by atoms with E-state index in [1.807, 2.05) is 19.9 Å². The third-order valence-electron chi connectivity index (χ3n) is 3.41. The van der Waals surface area contributed by atoms with E-state index < -0.39 is 0 Å². The second-order valence-electron chi connectivity index (χ2n) is 5.48. The number of nitrogens with one attached hydrogen (secondary N) is 3. The Kier molecular flexibility index (Phi) is 5.47. The molecule has 136 valence electrons. The zero-order valence-corrected chi connectivity index (χ0v) is 14.6. The standard InChI is InChI=1S/C17H20N6O3/c1-3-18-17-21-11(2)9-15(22-17)19-6-7-20-16(24)12-10-14(26-23-12)13-5-4-8-25-13/h4-5,8-10H,3,6-7H2,1-2H3,(H,20,24)(H2,18,19,21,22). The van der Waals surface area contributed by atoms with Crippen LogP contribution in [-0.2, 0) is 0 Å². The molecule has 3 N–H and O–H groups in total. The second-order valence-corrected chi connectivity index (χ2v) is 5.48. The lowest BCUT2D eigenvalue weighted by atomic mass is 10.3. The molecule has 0 fully saturated rings. The van der Waals surface area contributed by atoms with E-state index in [-0.39, 0.29) is 11.6 Å². The summed E-state index contributed by atoms with van der Waals surface area (Å²) in [6, 6.07) is 6.85. The Hall–Kier alpha value is -3.36. The van der Waals surface area contributed by atoms with E-state index in [0.717, 1.165) is 12.2 Å². The van der Waals surface area contributed by atoms with Gasteiger partial charge in [-0.1, -0.05) is 5.16 Å². The van der Waals surface area contributed by atoms with E-state index in [9.17, 15) is 4.79 Å². The van der Waals surface area contributed by atoms with Crippen molar-refractivity contribution >= 4 is 17.7 Å². The third kappa shape index (κ3) is 4.38. The molecule has 1 amide bonds. The van der Waals surface area contributed by atoms with Crippen molar-refractivity contribution < 1.29 is 13.7 Å². The van der Waals surface area contributed by atoms with Crippen molar-refractivity contribution in [3.05, 3.63) is 41.9 Å². The van der Waals surface area contributed by atoms with Crippen molar-refractivity contribution in [2.24, 2.45) is 0 Å². The highest BCUT2D eigenvalue weighted by atomic mass is 16.5. The fraction of sp³-hybridized carbons (Fsp3) is 0.294.